The summed E-state index contributed by atoms with van der Waals surface area (Å²) in [5, 5.41) is 8.12. The lowest BCUT2D eigenvalue weighted by atomic mass is 9.53. The molecular weight excluding hydrogens is 326 g/mol. The Morgan fingerprint density at radius 1 is 1.12 bits per heavy atom. The van der Waals surface area contributed by atoms with E-state index in [1.165, 1.54) is 36.8 Å². The summed E-state index contributed by atoms with van der Waals surface area (Å²) in [4.78, 5) is 0. The van der Waals surface area contributed by atoms with Crippen molar-refractivity contribution in [3.8, 4) is 11.5 Å². The first-order valence-electron chi connectivity index (χ1n) is 9.64. The Balaban J connectivity index is 1.55. The lowest BCUT2D eigenvalue weighted by Gasteiger charge is -2.55. The number of nitrogens with one attached hydrogen (secondary N) is 1. The van der Waals surface area contributed by atoms with Crippen molar-refractivity contribution < 1.29 is 9.47 Å². The monoisotopic (exact) mass is 355 g/mol. The standard InChI is InChI=1S/C21H29N3O2/c1-24-13-14(12-23-24)11-22-21-17-7-5-4-6-16(17)20(21)15-8-9-18(25-2)19(10-15)26-3/h8-10,12-13,16-17,20-22H,4-7,11H2,1-3H3/t16?,17?,20-,21-/m0/s1. The number of benzene rings is 1. The molecule has 4 rings (SSSR count). The van der Waals surface area contributed by atoms with E-state index in [1.807, 2.05) is 24.0 Å². The molecule has 26 heavy (non-hydrogen) atoms. The predicted octanol–water partition coefficient (Wildman–Crippen LogP) is 3.50. The Labute approximate surface area is 155 Å². The Bertz CT molecular complexity index is 757. The summed E-state index contributed by atoms with van der Waals surface area (Å²) >= 11 is 0. The fourth-order valence-electron chi connectivity index (χ4n) is 5.06. The summed E-state index contributed by atoms with van der Waals surface area (Å²) < 4.78 is 12.8. The number of aryl methyl sites for hydroxylation is 1. The third kappa shape index (κ3) is 3.09. The molecule has 2 aliphatic carbocycles. The van der Waals surface area contributed by atoms with Crippen LogP contribution in [0.15, 0.2) is 30.6 Å². The van der Waals surface area contributed by atoms with Crippen LogP contribution in [-0.2, 0) is 13.6 Å². The highest BCUT2D eigenvalue weighted by Gasteiger charge is 2.51. The summed E-state index contributed by atoms with van der Waals surface area (Å²) in [7, 11) is 5.37. The molecule has 1 heterocycles. The Hall–Kier alpha value is -2.01. The van der Waals surface area contributed by atoms with Crippen molar-refractivity contribution in [3.63, 3.8) is 0 Å². The smallest absolute Gasteiger partial charge is 0.160 e. The van der Waals surface area contributed by atoms with E-state index in [1.54, 1.807) is 14.2 Å². The van der Waals surface area contributed by atoms with Crippen molar-refractivity contribution in [2.24, 2.45) is 18.9 Å². The van der Waals surface area contributed by atoms with Crippen LogP contribution >= 0.6 is 0 Å². The summed E-state index contributed by atoms with van der Waals surface area (Å²) in [6.45, 7) is 0.880. The minimum atomic E-state index is 0.526. The summed E-state index contributed by atoms with van der Waals surface area (Å²) in [5.74, 6) is 3.76. The molecule has 0 radical (unpaired) electrons. The van der Waals surface area contributed by atoms with Crippen molar-refractivity contribution in [3.05, 3.63) is 41.7 Å². The van der Waals surface area contributed by atoms with Crippen molar-refractivity contribution in [1.29, 1.82) is 0 Å². The van der Waals surface area contributed by atoms with Gasteiger partial charge in [-0.2, -0.15) is 5.10 Å². The molecule has 0 saturated heterocycles. The average Bonchev–Trinajstić information content (AvgIpc) is 3.07. The highest BCUT2D eigenvalue weighted by molar-refractivity contribution is 5.45. The number of nitrogens with zero attached hydrogens (tertiary/aromatic N) is 2. The van der Waals surface area contributed by atoms with Gasteiger partial charge in [0.25, 0.3) is 0 Å². The molecule has 1 aromatic heterocycles. The van der Waals surface area contributed by atoms with Gasteiger partial charge in [-0.3, -0.25) is 4.68 Å². The van der Waals surface area contributed by atoms with Crippen LogP contribution in [0.4, 0.5) is 0 Å². The molecule has 2 aromatic rings. The van der Waals surface area contributed by atoms with Crippen LogP contribution in [0.5, 0.6) is 11.5 Å². The molecule has 0 amide bonds. The largest absolute Gasteiger partial charge is 0.493 e. The number of rotatable bonds is 6. The Morgan fingerprint density at radius 2 is 1.88 bits per heavy atom. The summed E-state index contributed by atoms with van der Waals surface area (Å²) in [6.07, 6.45) is 9.46. The number of aromatic nitrogens is 2. The van der Waals surface area contributed by atoms with Gasteiger partial charge in [0.2, 0.25) is 0 Å². The summed E-state index contributed by atoms with van der Waals surface area (Å²) in [5.41, 5.74) is 2.62. The van der Waals surface area contributed by atoms with Crippen LogP contribution in [0.25, 0.3) is 0 Å². The lowest BCUT2D eigenvalue weighted by molar-refractivity contribution is 0.0253. The molecule has 2 saturated carbocycles. The maximum atomic E-state index is 5.54. The molecule has 0 spiro atoms. The zero-order chi connectivity index (χ0) is 18.1. The molecule has 2 fully saturated rings. The zero-order valence-electron chi connectivity index (χ0n) is 15.9. The van der Waals surface area contributed by atoms with E-state index in [2.05, 4.69) is 28.7 Å². The normalized spacial score (nSPS) is 27.5. The number of fused-ring (bicyclic) bond motifs is 1. The van der Waals surface area contributed by atoms with Gasteiger partial charge in [-0.1, -0.05) is 18.9 Å². The van der Waals surface area contributed by atoms with E-state index in [0.29, 0.717) is 12.0 Å². The lowest BCUT2D eigenvalue weighted by Crippen LogP contribution is -2.57. The number of ether oxygens (including phenoxy) is 2. The van der Waals surface area contributed by atoms with Crippen molar-refractivity contribution >= 4 is 0 Å². The van der Waals surface area contributed by atoms with E-state index in [-0.39, 0.29) is 0 Å². The molecule has 5 heteroatoms. The zero-order valence-corrected chi connectivity index (χ0v) is 15.9. The Morgan fingerprint density at radius 3 is 2.58 bits per heavy atom. The van der Waals surface area contributed by atoms with Gasteiger partial charge in [0.05, 0.1) is 20.4 Å². The van der Waals surface area contributed by atoms with E-state index in [4.69, 9.17) is 9.47 Å². The highest BCUT2D eigenvalue weighted by Crippen LogP contribution is 2.55. The van der Waals surface area contributed by atoms with Crippen LogP contribution < -0.4 is 14.8 Å². The van der Waals surface area contributed by atoms with Crippen molar-refractivity contribution in [2.45, 2.75) is 44.2 Å². The first kappa shape index (κ1) is 17.4. The van der Waals surface area contributed by atoms with E-state index >= 15 is 0 Å². The fraction of sp³-hybridized carbons (Fsp3) is 0.571. The quantitative estimate of drug-likeness (QED) is 0.862. The maximum Gasteiger partial charge on any atom is 0.160 e. The van der Waals surface area contributed by atoms with Crippen molar-refractivity contribution in [1.82, 2.24) is 15.1 Å². The molecule has 0 bridgehead atoms. The molecule has 1 N–H and O–H groups in total. The second-order valence-electron chi connectivity index (χ2n) is 7.68. The van der Waals surface area contributed by atoms with Crippen LogP contribution in [0.3, 0.4) is 0 Å². The van der Waals surface area contributed by atoms with E-state index in [0.717, 1.165) is 29.9 Å². The van der Waals surface area contributed by atoms with E-state index < -0.39 is 0 Å². The van der Waals surface area contributed by atoms with E-state index in [9.17, 15) is 0 Å². The molecular formula is C21H29N3O2. The third-order valence-electron chi connectivity index (χ3n) is 6.28. The van der Waals surface area contributed by atoms with Crippen molar-refractivity contribution in [2.75, 3.05) is 14.2 Å². The molecule has 1 aromatic carbocycles. The number of hydrogen-bond acceptors (Lipinski definition) is 4. The molecule has 2 aliphatic rings. The average molecular weight is 355 g/mol. The third-order valence-corrected chi connectivity index (χ3v) is 6.28. The molecule has 0 aliphatic heterocycles. The van der Waals surface area contributed by atoms with Gasteiger partial charge in [-0.25, -0.2) is 0 Å². The second-order valence-corrected chi connectivity index (χ2v) is 7.68. The van der Waals surface area contributed by atoms with Gasteiger partial charge >= 0.3 is 0 Å². The van der Waals surface area contributed by atoms with Gasteiger partial charge < -0.3 is 14.8 Å². The first-order chi connectivity index (χ1) is 12.7. The van der Waals surface area contributed by atoms with Gasteiger partial charge in [0, 0.05) is 37.3 Å². The predicted molar refractivity (Wildman–Crippen MR) is 102 cm³/mol. The SMILES string of the molecule is COc1ccc([C@H]2C3CCCCC3[C@@H]2NCc2cnn(C)c2)cc1OC. The fourth-order valence-corrected chi connectivity index (χ4v) is 5.06. The molecule has 5 nitrogen and oxygen atoms in total. The maximum absolute atomic E-state index is 5.54. The van der Waals surface area contributed by atoms with Gasteiger partial charge in [0.1, 0.15) is 0 Å². The second kappa shape index (κ2) is 7.31. The van der Waals surface area contributed by atoms with Crippen LogP contribution in [-0.4, -0.2) is 30.0 Å². The van der Waals surface area contributed by atoms with Gasteiger partial charge in [0.15, 0.2) is 11.5 Å². The van der Waals surface area contributed by atoms with Gasteiger partial charge in [-0.05, 0) is 42.4 Å². The molecule has 140 valence electrons. The minimum Gasteiger partial charge on any atom is -0.493 e. The van der Waals surface area contributed by atoms with Crippen LogP contribution in [0.2, 0.25) is 0 Å². The van der Waals surface area contributed by atoms with Crippen LogP contribution in [0.1, 0.15) is 42.7 Å². The first-order valence-corrected chi connectivity index (χ1v) is 9.64. The Kier molecular flexibility index (Phi) is 4.90. The van der Waals surface area contributed by atoms with Crippen LogP contribution in [0, 0.1) is 11.8 Å². The molecule has 2 unspecified atom stereocenters. The highest BCUT2D eigenvalue weighted by atomic mass is 16.5. The topological polar surface area (TPSA) is 48.3 Å². The minimum absolute atomic E-state index is 0.526. The van der Waals surface area contributed by atoms with Gasteiger partial charge in [-0.15, -0.1) is 0 Å². The molecule has 4 atom stereocenters. The summed E-state index contributed by atoms with van der Waals surface area (Å²) in [6, 6.07) is 6.96. The number of hydrogen-bond donors (Lipinski definition) is 1. The number of methoxy groups -OCH3 is 2.